The lowest BCUT2D eigenvalue weighted by atomic mass is 10.2. The SMILES string of the molecule is CCn1cc(Cl)c(-c2nc(-c3cc(Cl)ccc3OC)no2)n1. The van der Waals surface area contributed by atoms with Crippen LogP contribution in [0.25, 0.3) is 23.0 Å². The zero-order chi connectivity index (χ0) is 15.7. The molecule has 0 aliphatic carbocycles. The lowest BCUT2D eigenvalue weighted by Crippen LogP contribution is -1.94. The molecule has 1 aromatic carbocycles. The summed E-state index contributed by atoms with van der Waals surface area (Å²) in [6.07, 6.45) is 1.71. The minimum atomic E-state index is 0.245. The molecule has 6 nitrogen and oxygen atoms in total. The van der Waals surface area contributed by atoms with Gasteiger partial charge in [-0.1, -0.05) is 28.4 Å². The number of ether oxygens (including phenoxy) is 1. The van der Waals surface area contributed by atoms with Gasteiger partial charge in [0.2, 0.25) is 5.82 Å². The van der Waals surface area contributed by atoms with Gasteiger partial charge in [-0.05, 0) is 25.1 Å². The average molecular weight is 339 g/mol. The largest absolute Gasteiger partial charge is 0.496 e. The summed E-state index contributed by atoms with van der Waals surface area (Å²) in [5, 5.41) is 9.26. The fraction of sp³-hybridized carbons (Fsp3) is 0.214. The zero-order valence-corrected chi connectivity index (χ0v) is 13.4. The quantitative estimate of drug-likeness (QED) is 0.720. The molecule has 0 N–H and O–H groups in total. The summed E-state index contributed by atoms with van der Waals surface area (Å²) in [4.78, 5) is 4.33. The molecule has 22 heavy (non-hydrogen) atoms. The first kappa shape index (κ1) is 14.9. The first-order chi connectivity index (χ1) is 10.6. The molecule has 3 aromatic rings. The van der Waals surface area contributed by atoms with Crippen molar-refractivity contribution in [2.24, 2.45) is 0 Å². The molecular formula is C14H12Cl2N4O2. The van der Waals surface area contributed by atoms with Gasteiger partial charge in [0, 0.05) is 17.8 Å². The summed E-state index contributed by atoms with van der Waals surface area (Å²) < 4.78 is 12.2. The van der Waals surface area contributed by atoms with Gasteiger partial charge in [-0.25, -0.2) is 0 Å². The van der Waals surface area contributed by atoms with Crippen LogP contribution in [0.5, 0.6) is 5.75 Å². The first-order valence-electron chi connectivity index (χ1n) is 6.53. The Morgan fingerprint density at radius 1 is 1.32 bits per heavy atom. The van der Waals surface area contributed by atoms with Gasteiger partial charge in [-0.3, -0.25) is 4.68 Å². The van der Waals surface area contributed by atoms with Crippen LogP contribution in [-0.2, 0) is 6.54 Å². The number of halogens is 2. The highest BCUT2D eigenvalue weighted by Gasteiger charge is 2.19. The van der Waals surface area contributed by atoms with Crippen LogP contribution >= 0.6 is 23.2 Å². The van der Waals surface area contributed by atoms with E-state index in [9.17, 15) is 0 Å². The Kier molecular flexibility index (Phi) is 4.04. The Balaban J connectivity index is 2.04. The van der Waals surface area contributed by atoms with Crippen molar-refractivity contribution >= 4 is 23.2 Å². The Labute approximate surface area is 136 Å². The van der Waals surface area contributed by atoms with Crippen LogP contribution in [0.15, 0.2) is 28.9 Å². The number of benzene rings is 1. The number of methoxy groups -OCH3 is 1. The van der Waals surface area contributed by atoms with Crippen LogP contribution in [0.4, 0.5) is 0 Å². The molecule has 0 fully saturated rings. The first-order valence-corrected chi connectivity index (χ1v) is 7.29. The molecule has 0 bridgehead atoms. The second kappa shape index (κ2) is 5.98. The van der Waals surface area contributed by atoms with Gasteiger partial charge in [0.25, 0.3) is 5.89 Å². The lowest BCUT2D eigenvalue weighted by molar-refractivity contribution is 0.413. The maximum atomic E-state index is 6.14. The highest BCUT2D eigenvalue weighted by molar-refractivity contribution is 6.32. The third-order valence-corrected chi connectivity index (χ3v) is 3.58. The Hall–Kier alpha value is -2.05. The fourth-order valence-electron chi connectivity index (χ4n) is 1.99. The molecule has 0 spiro atoms. The van der Waals surface area contributed by atoms with Gasteiger partial charge < -0.3 is 9.26 Å². The van der Waals surface area contributed by atoms with Gasteiger partial charge in [0.05, 0.1) is 17.7 Å². The summed E-state index contributed by atoms with van der Waals surface area (Å²) in [6, 6.07) is 5.18. The van der Waals surface area contributed by atoms with Crippen molar-refractivity contribution in [1.82, 2.24) is 19.9 Å². The molecule has 0 atom stereocenters. The molecule has 0 saturated carbocycles. The minimum absolute atomic E-state index is 0.245. The summed E-state index contributed by atoms with van der Waals surface area (Å²) in [5.74, 6) is 1.20. The molecule has 114 valence electrons. The normalized spacial score (nSPS) is 10.9. The molecule has 2 aromatic heterocycles. The van der Waals surface area contributed by atoms with Gasteiger partial charge in [0.1, 0.15) is 5.75 Å². The molecule has 0 aliphatic heterocycles. The van der Waals surface area contributed by atoms with Gasteiger partial charge in [-0.2, -0.15) is 10.1 Å². The topological polar surface area (TPSA) is 66.0 Å². The lowest BCUT2D eigenvalue weighted by Gasteiger charge is -2.04. The summed E-state index contributed by atoms with van der Waals surface area (Å²) in [5.41, 5.74) is 1.08. The van der Waals surface area contributed by atoms with E-state index in [1.807, 2.05) is 6.92 Å². The van der Waals surface area contributed by atoms with E-state index in [4.69, 9.17) is 32.5 Å². The molecule has 0 amide bonds. The predicted molar refractivity (Wildman–Crippen MR) is 83.2 cm³/mol. The van der Waals surface area contributed by atoms with Crippen LogP contribution in [0.1, 0.15) is 6.92 Å². The number of aryl methyl sites for hydroxylation is 1. The smallest absolute Gasteiger partial charge is 0.280 e. The minimum Gasteiger partial charge on any atom is -0.496 e. The highest BCUT2D eigenvalue weighted by atomic mass is 35.5. The van der Waals surface area contributed by atoms with Crippen LogP contribution in [0.2, 0.25) is 10.0 Å². The van der Waals surface area contributed by atoms with Crippen molar-refractivity contribution in [3.8, 4) is 28.7 Å². The van der Waals surface area contributed by atoms with Gasteiger partial charge in [-0.15, -0.1) is 0 Å². The van der Waals surface area contributed by atoms with E-state index in [1.165, 1.54) is 0 Å². The second-order valence-corrected chi connectivity index (χ2v) is 5.29. The Morgan fingerprint density at radius 3 is 2.82 bits per heavy atom. The number of nitrogens with zero attached hydrogens (tertiary/aromatic N) is 4. The monoisotopic (exact) mass is 338 g/mol. The summed E-state index contributed by atoms with van der Waals surface area (Å²) in [7, 11) is 1.56. The third kappa shape index (κ3) is 2.67. The van der Waals surface area contributed by atoms with E-state index >= 15 is 0 Å². The van der Waals surface area contributed by atoms with Crippen LogP contribution in [0, 0.1) is 0 Å². The molecular weight excluding hydrogens is 327 g/mol. The number of hydrogen-bond acceptors (Lipinski definition) is 5. The van der Waals surface area contributed by atoms with Gasteiger partial charge >= 0.3 is 0 Å². The van der Waals surface area contributed by atoms with Crippen LogP contribution in [0.3, 0.4) is 0 Å². The number of rotatable bonds is 4. The van der Waals surface area contributed by atoms with Crippen molar-refractivity contribution < 1.29 is 9.26 Å². The molecule has 0 radical (unpaired) electrons. The van der Waals surface area contributed by atoms with E-state index in [0.717, 1.165) is 0 Å². The second-order valence-electron chi connectivity index (χ2n) is 4.45. The van der Waals surface area contributed by atoms with Gasteiger partial charge in [0.15, 0.2) is 5.69 Å². The standard InChI is InChI=1S/C14H12Cl2N4O2/c1-3-20-7-10(16)12(18-20)14-17-13(19-22-14)9-6-8(15)4-5-11(9)21-2/h4-7H,3H2,1-2H3. The van der Waals surface area contributed by atoms with E-state index in [2.05, 4.69) is 15.2 Å². The molecule has 8 heteroatoms. The van der Waals surface area contributed by atoms with Crippen LogP contribution in [-0.4, -0.2) is 27.0 Å². The third-order valence-electron chi connectivity index (χ3n) is 3.07. The fourth-order valence-corrected chi connectivity index (χ4v) is 2.39. The van der Waals surface area contributed by atoms with E-state index in [1.54, 1.807) is 36.2 Å². The summed E-state index contributed by atoms with van der Waals surface area (Å²) in [6.45, 7) is 2.66. The zero-order valence-electron chi connectivity index (χ0n) is 11.9. The van der Waals surface area contributed by atoms with Crippen molar-refractivity contribution in [2.75, 3.05) is 7.11 Å². The number of hydrogen-bond donors (Lipinski definition) is 0. The molecule has 0 unspecified atom stereocenters. The van der Waals surface area contributed by atoms with Crippen molar-refractivity contribution in [1.29, 1.82) is 0 Å². The molecule has 2 heterocycles. The maximum absolute atomic E-state index is 6.14. The molecule has 0 saturated heterocycles. The highest BCUT2D eigenvalue weighted by Crippen LogP contribution is 2.33. The maximum Gasteiger partial charge on any atom is 0.280 e. The number of aromatic nitrogens is 4. The van der Waals surface area contributed by atoms with Crippen molar-refractivity contribution in [3.63, 3.8) is 0 Å². The predicted octanol–water partition coefficient (Wildman–Crippen LogP) is 3.94. The molecule has 0 aliphatic rings. The Morgan fingerprint density at radius 2 is 2.14 bits per heavy atom. The van der Waals surface area contributed by atoms with E-state index in [0.29, 0.717) is 39.4 Å². The Bertz CT molecular complexity index is 813. The van der Waals surface area contributed by atoms with E-state index < -0.39 is 0 Å². The average Bonchev–Trinajstić information content (AvgIpc) is 3.13. The molecule has 3 rings (SSSR count). The van der Waals surface area contributed by atoms with Crippen molar-refractivity contribution in [3.05, 3.63) is 34.4 Å². The van der Waals surface area contributed by atoms with Crippen LogP contribution < -0.4 is 4.74 Å². The summed E-state index contributed by atoms with van der Waals surface area (Å²) >= 11 is 12.2. The van der Waals surface area contributed by atoms with E-state index in [-0.39, 0.29) is 5.89 Å². The van der Waals surface area contributed by atoms with Crippen molar-refractivity contribution in [2.45, 2.75) is 13.5 Å².